The number of ether oxygens (including phenoxy) is 1. The Labute approximate surface area is 167 Å². The Balaban J connectivity index is 1.67. The molecule has 3 aliphatic rings. The molecule has 0 aliphatic carbocycles. The molecule has 2 atom stereocenters. The summed E-state index contributed by atoms with van der Waals surface area (Å²) in [7, 11) is 0. The predicted octanol–water partition coefficient (Wildman–Crippen LogP) is 3.53. The summed E-state index contributed by atoms with van der Waals surface area (Å²) < 4.78 is 35.7. The van der Waals surface area contributed by atoms with Crippen LogP contribution in [0.15, 0.2) is 24.3 Å². The fourth-order valence-electron chi connectivity index (χ4n) is 4.58. The molecule has 0 aromatic heterocycles. The lowest BCUT2D eigenvalue weighted by molar-refractivity contribution is 0.172. The highest BCUT2D eigenvalue weighted by Crippen LogP contribution is 2.49. The van der Waals surface area contributed by atoms with Gasteiger partial charge in [0.25, 0.3) is 0 Å². The van der Waals surface area contributed by atoms with Crippen LogP contribution in [-0.2, 0) is 0 Å². The number of hydrogen-bond acceptors (Lipinski definition) is 4. The van der Waals surface area contributed by atoms with E-state index in [1.54, 1.807) is 0 Å². The second-order valence-electron chi connectivity index (χ2n) is 7.65. The fourth-order valence-corrected chi connectivity index (χ4v) is 4.77. The molecule has 2 saturated heterocycles. The van der Waals surface area contributed by atoms with Gasteiger partial charge >= 0.3 is 0 Å². The molecule has 2 fully saturated rings. The monoisotopic (exact) mass is 405 g/mol. The summed E-state index contributed by atoms with van der Waals surface area (Å²) in [6, 6.07) is 6.09. The van der Waals surface area contributed by atoms with Crippen molar-refractivity contribution in [3.63, 3.8) is 0 Å². The molecule has 3 aliphatic heterocycles. The van der Waals surface area contributed by atoms with E-state index in [4.69, 9.17) is 16.3 Å². The van der Waals surface area contributed by atoms with Gasteiger partial charge in [-0.25, -0.2) is 8.78 Å². The van der Waals surface area contributed by atoms with E-state index in [1.165, 1.54) is 12.1 Å². The summed E-state index contributed by atoms with van der Waals surface area (Å²) in [5.74, 6) is -0.218. The van der Waals surface area contributed by atoms with Crippen molar-refractivity contribution in [2.75, 3.05) is 44.2 Å². The fraction of sp³-hybridized carbons (Fsp3) is 0.429. The SMILES string of the molecule is Fc1cc(Cl)cc(F)c1-c1cc2c(c(N3CCNCC3)c1)OC1CCNCC21. The lowest BCUT2D eigenvalue weighted by atomic mass is 9.88. The number of anilines is 1. The zero-order valence-corrected chi connectivity index (χ0v) is 16.2. The minimum absolute atomic E-state index is 0.0317. The van der Waals surface area contributed by atoms with Crippen molar-refractivity contribution >= 4 is 17.3 Å². The number of rotatable bonds is 2. The first kappa shape index (κ1) is 18.2. The molecule has 7 heteroatoms. The third kappa shape index (κ3) is 3.04. The Hall–Kier alpha value is -1.89. The van der Waals surface area contributed by atoms with Crippen LogP contribution in [0.3, 0.4) is 0 Å². The average Bonchev–Trinajstić information content (AvgIpc) is 3.06. The number of nitrogens with one attached hydrogen (secondary N) is 2. The van der Waals surface area contributed by atoms with Gasteiger partial charge in [-0.05, 0) is 42.8 Å². The van der Waals surface area contributed by atoms with Crippen molar-refractivity contribution in [1.82, 2.24) is 10.6 Å². The number of piperazine rings is 1. The molecule has 5 rings (SSSR count). The first-order chi connectivity index (χ1) is 13.6. The van der Waals surface area contributed by atoms with E-state index in [2.05, 4.69) is 15.5 Å². The van der Waals surface area contributed by atoms with E-state index in [-0.39, 0.29) is 22.6 Å². The van der Waals surface area contributed by atoms with Crippen LogP contribution in [0.5, 0.6) is 5.75 Å². The van der Waals surface area contributed by atoms with Crippen LogP contribution in [-0.4, -0.2) is 45.4 Å². The van der Waals surface area contributed by atoms with E-state index >= 15 is 0 Å². The molecule has 2 aromatic carbocycles. The van der Waals surface area contributed by atoms with Gasteiger partial charge in [0.15, 0.2) is 0 Å². The summed E-state index contributed by atoms with van der Waals surface area (Å²) in [4.78, 5) is 2.25. The van der Waals surface area contributed by atoms with Crippen LogP contribution in [0.25, 0.3) is 11.1 Å². The van der Waals surface area contributed by atoms with Crippen molar-refractivity contribution in [1.29, 1.82) is 0 Å². The van der Waals surface area contributed by atoms with Crippen LogP contribution < -0.4 is 20.3 Å². The third-order valence-corrected chi connectivity index (χ3v) is 6.16. The highest BCUT2D eigenvalue weighted by Gasteiger charge is 2.39. The van der Waals surface area contributed by atoms with Crippen LogP contribution in [0.4, 0.5) is 14.5 Å². The van der Waals surface area contributed by atoms with Gasteiger partial charge in [0.2, 0.25) is 0 Å². The molecule has 2 aromatic rings. The summed E-state index contributed by atoms with van der Waals surface area (Å²) in [5, 5.41) is 6.82. The van der Waals surface area contributed by atoms with Gasteiger partial charge in [-0.3, -0.25) is 0 Å². The molecule has 2 N–H and O–H groups in total. The smallest absolute Gasteiger partial charge is 0.146 e. The number of hydrogen-bond donors (Lipinski definition) is 2. The van der Waals surface area contributed by atoms with E-state index in [1.807, 2.05) is 12.1 Å². The predicted molar refractivity (Wildman–Crippen MR) is 107 cm³/mol. The zero-order valence-electron chi connectivity index (χ0n) is 15.4. The summed E-state index contributed by atoms with van der Waals surface area (Å²) in [6.45, 7) is 5.14. The van der Waals surface area contributed by atoms with Crippen LogP contribution in [0.1, 0.15) is 17.9 Å². The summed E-state index contributed by atoms with van der Waals surface area (Å²) >= 11 is 5.82. The molecule has 148 valence electrons. The largest absolute Gasteiger partial charge is 0.487 e. The van der Waals surface area contributed by atoms with Crippen LogP contribution in [0, 0.1) is 11.6 Å². The first-order valence-corrected chi connectivity index (χ1v) is 10.2. The number of fused-ring (bicyclic) bond motifs is 3. The Morgan fingerprint density at radius 3 is 2.50 bits per heavy atom. The quantitative estimate of drug-likeness (QED) is 0.801. The normalized spacial score (nSPS) is 23.9. The average molecular weight is 406 g/mol. The second-order valence-corrected chi connectivity index (χ2v) is 8.09. The molecule has 3 heterocycles. The highest BCUT2D eigenvalue weighted by atomic mass is 35.5. The Morgan fingerprint density at radius 2 is 1.75 bits per heavy atom. The van der Waals surface area contributed by atoms with Crippen molar-refractivity contribution in [2.45, 2.75) is 18.4 Å². The van der Waals surface area contributed by atoms with Gasteiger partial charge in [-0.1, -0.05) is 11.6 Å². The Morgan fingerprint density at radius 1 is 1.00 bits per heavy atom. The molecule has 2 unspecified atom stereocenters. The third-order valence-electron chi connectivity index (χ3n) is 5.94. The summed E-state index contributed by atoms with van der Waals surface area (Å²) in [5.41, 5.74) is 2.47. The topological polar surface area (TPSA) is 36.5 Å². The summed E-state index contributed by atoms with van der Waals surface area (Å²) in [6.07, 6.45) is 1.05. The minimum Gasteiger partial charge on any atom is -0.487 e. The lowest BCUT2D eigenvalue weighted by Crippen LogP contribution is -2.43. The van der Waals surface area contributed by atoms with Gasteiger partial charge in [-0.2, -0.15) is 0 Å². The van der Waals surface area contributed by atoms with E-state index in [9.17, 15) is 8.78 Å². The molecule has 28 heavy (non-hydrogen) atoms. The van der Waals surface area contributed by atoms with Gasteiger partial charge in [0.1, 0.15) is 23.5 Å². The highest BCUT2D eigenvalue weighted by molar-refractivity contribution is 6.30. The van der Waals surface area contributed by atoms with E-state index < -0.39 is 11.6 Å². The number of halogens is 3. The lowest BCUT2D eigenvalue weighted by Gasteiger charge is -2.31. The van der Waals surface area contributed by atoms with Crippen molar-refractivity contribution in [2.24, 2.45) is 0 Å². The van der Waals surface area contributed by atoms with E-state index in [0.29, 0.717) is 5.56 Å². The Bertz CT molecular complexity index is 894. The van der Waals surface area contributed by atoms with Crippen molar-refractivity contribution in [3.05, 3.63) is 46.5 Å². The van der Waals surface area contributed by atoms with Gasteiger partial charge < -0.3 is 20.3 Å². The molecular formula is C21H22ClF2N3O. The van der Waals surface area contributed by atoms with E-state index in [0.717, 1.165) is 62.7 Å². The van der Waals surface area contributed by atoms with Crippen molar-refractivity contribution < 1.29 is 13.5 Å². The number of piperidine rings is 1. The maximum absolute atomic E-state index is 14.7. The molecule has 4 nitrogen and oxygen atoms in total. The molecular weight excluding hydrogens is 384 g/mol. The standard InChI is InChI=1S/C21H22ClF2N3O/c22-13-9-16(23)20(17(24)10-13)12-7-14-15-11-26-2-1-19(15)28-21(14)18(8-12)27-5-3-25-4-6-27/h7-10,15,19,25-26H,1-6,11H2. The number of nitrogens with zero attached hydrogens (tertiary/aromatic N) is 1. The van der Waals surface area contributed by atoms with Crippen molar-refractivity contribution in [3.8, 4) is 16.9 Å². The molecule has 0 amide bonds. The maximum Gasteiger partial charge on any atom is 0.146 e. The molecule has 0 saturated carbocycles. The zero-order chi connectivity index (χ0) is 19.3. The minimum atomic E-state index is -0.645. The number of benzene rings is 2. The molecule has 0 bridgehead atoms. The van der Waals surface area contributed by atoms with Gasteiger partial charge in [-0.15, -0.1) is 0 Å². The van der Waals surface area contributed by atoms with Crippen LogP contribution in [0.2, 0.25) is 5.02 Å². The van der Waals surface area contributed by atoms with Gasteiger partial charge in [0, 0.05) is 49.2 Å². The Kier molecular flexibility index (Phi) is 4.65. The molecule has 0 spiro atoms. The second kappa shape index (κ2) is 7.17. The maximum atomic E-state index is 14.7. The molecule has 0 radical (unpaired) electrons. The first-order valence-electron chi connectivity index (χ1n) is 9.77. The van der Waals surface area contributed by atoms with Crippen LogP contribution >= 0.6 is 11.6 Å². The van der Waals surface area contributed by atoms with Gasteiger partial charge in [0.05, 0.1) is 11.3 Å².